The van der Waals surface area contributed by atoms with Gasteiger partial charge in [-0.2, -0.15) is 0 Å². The van der Waals surface area contributed by atoms with Crippen molar-refractivity contribution in [3.8, 4) is 0 Å². The maximum absolute atomic E-state index is 10.2. The standard InChI is InChI=1S/2C7H7NO2.Co/c2*8-6-4-2-1-3-5(6)7(9)10;/h2*1-4H,8H2,(H,9,10);/q;;+2/p-2. The Kier molecular flexibility index (Phi) is 7.59. The summed E-state index contributed by atoms with van der Waals surface area (Å²) in [4.78, 5) is 20.5. The van der Waals surface area contributed by atoms with Crippen LogP contribution in [0.1, 0.15) is 20.7 Å². The third-order valence-electron chi connectivity index (χ3n) is 2.36. The molecule has 2 aromatic carbocycles. The van der Waals surface area contributed by atoms with Crippen LogP contribution in [0.5, 0.6) is 0 Å². The Morgan fingerprint density at radius 1 is 0.714 bits per heavy atom. The summed E-state index contributed by atoms with van der Waals surface area (Å²) in [5.74, 6) is -2.48. The van der Waals surface area contributed by atoms with Crippen molar-refractivity contribution in [1.82, 2.24) is 0 Å². The van der Waals surface area contributed by atoms with Gasteiger partial charge in [-0.3, -0.25) is 0 Å². The molecule has 0 aliphatic carbocycles. The first-order valence-corrected chi connectivity index (χ1v) is 5.55. The molecule has 111 valence electrons. The van der Waals surface area contributed by atoms with E-state index >= 15 is 0 Å². The summed E-state index contributed by atoms with van der Waals surface area (Å²) in [5, 5.41) is 20.5. The number of para-hydroxylation sites is 2. The fourth-order valence-electron chi connectivity index (χ4n) is 1.37. The number of nitrogens with two attached hydrogens (primary N) is 2. The number of rotatable bonds is 2. The Hall–Kier alpha value is -2.51. The zero-order valence-corrected chi connectivity index (χ0v) is 11.8. The van der Waals surface area contributed by atoms with E-state index in [4.69, 9.17) is 11.5 Å². The number of carboxylic acids is 2. The molecule has 0 unspecified atom stereocenters. The van der Waals surface area contributed by atoms with Gasteiger partial charge < -0.3 is 31.3 Å². The molecule has 0 aromatic heterocycles. The van der Waals surface area contributed by atoms with Crippen molar-refractivity contribution in [3.63, 3.8) is 0 Å². The second kappa shape index (κ2) is 8.62. The van der Waals surface area contributed by atoms with Gasteiger partial charge in [0, 0.05) is 22.5 Å². The van der Waals surface area contributed by atoms with Gasteiger partial charge in [0.05, 0.1) is 11.9 Å². The summed E-state index contributed by atoms with van der Waals surface area (Å²) < 4.78 is 0. The average Bonchev–Trinajstić information content (AvgIpc) is 2.40. The molecule has 0 saturated carbocycles. The van der Waals surface area contributed by atoms with Crippen LogP contribution in [0.15, 0.2) is 48.5 Å². The van der Waals surface area contributed by atoms with E-state index in [1.807, 2.05) is 0 Å². The van der Waals surface area contributed by atoms with Crippen molar-refractivity contribution in [3.05, 3.63) is 59.7 Å². The fraction of sp³-hybridized carbons (Fsp3) is 0. The van der Waals surface area contributed by atoms with Gasteiger partial charge in [-0.05, 0) is 12.1 Å². The number of hydrogen-bond donors (Lipinski definition) is 2. The molecule has 2 rings (SSSR count). The number of benzene rings is 2. The Morgan fingerprint density at radius 3 is 1.19 bits per heavy atom. The van der Waals surface area contributed by atoms with Crippen LogP contribution in [0.25, 0.3) is 0 Å². The Balaban J connectivity index is 0.000000364. The first-order valence-electron chi connectivity index (χ1n) is 5.55. The van der Waals surface area contributed by atoms with E-state index in [0.717, 1.165) is 0 Å². The smallest absolute Gasteiger partial charge is 0.545 e. The van der Waals surface area contributed by atoms with E-state index in [1.54, 1.807) is 24.3 Å². The molecular weight excluding hydrogens is 319 g/mol. The van der Waals surface area contributed by atoms with E-state index in [0.29, 0.717) is 0 Å². The summed E-state index contributed by atoms with van der Waals surface area (Å²) in [7, 11) is 0. The quantitative estimate of drug-likeness (QED) is 0.697. The molecule has 0 atom stereocenters. The van der Waals surface area contributed by atoms with Crippen LogP contribution in [-0.2, 0) is 16.8 Å². The van der Waals surface area contributed by atoms with Gasteiger partial charge >= 0.3 is 16.8 Å². The summed E-state index contributed by atoms with van der Waals surface area (Å²) in [5.41, 5.74) is 11.2. The molecule has 0 amide bonds. The van der Waals surface area contributed by atoms with E-state index in [9.17, 15) is 19.8 Å². The molecule has 0 bridgehead atoms. The third kappa shape index (κ3) is 5.55. The number of hydrogen-bond acceptors (Lipinski definition) is 6. The maximum Gasteiger partial charge on any atom is 2.00 e. The number of carboxylic acid groups (broad SMARTS) is 2. The monoisotopic (exact) mass is 331 g/mol. The van der Waals surface area contributed by atoms with Crippen molar-refractivity contribution in [1.29, 1.82) is 0 Å². The number of anilines is 2. The van der Waals surface area contributed by atoms with E-state index < -0.39 is 11.9 Å². The van der Waals surface area contributed by atoms with Crippen LogP contribution >= 0.6 is 0 Å². The number of carbonyl (C=O) groups is 2. The molecule has 0 aliphatic rings. The predicted octanol–water partition coefficient (Wildman–Crippen LogP) is -0.738. The normalized spacial score (nSPS) is 8.76. The maximum atomic E-state index is 10.2. The van der Waals surface area contributed by atoms with Crippen molar-refractivity contribution in [2.45, 2.75) is 0 Å². The Morgan fingerprint density at radius 2 is 1.00 bits per heavy atom. The molecule has 0 saturated heterocycles. The largest absolute Gasteiger partial charge is 2.00 e. The zero-order valence-electron chi connectivity index (χ0n) is 10.7. The van der Waals surface area contributed by atoms with E-state index in [-0.39, 0.29) is 39.3 Å². The number of aromatic carboxylic acids is 2. The van der Waals surface area contributed by atoms with Gasteiger partial charge in [-0.1, -0.05) is 36.4 Å². The third-order valence-corrected chi connectivity index (χ3v) is 2.36. The minimum Gasteiger partial charge on any atom is -0.545 e. The topological polar surface area (TPSA) is 132 Å². The Bertz CT molecular complexity index is 576. The SMILES string of the molecule is Nc1ccccc1C(=O)[O-].Nc1ccccc1C(=O)[O-].[Co+2]. The molecule has 2 aromatic rings. The van der Waals surface area contributed by atoms with Gasteiger partial charge in [0.15, 0.2) is 0 Å². The van der Waals surface area contributed by atoms with Gasteiger partial charge in [-0.15, -0.1) is 0 Å². The van der Waals surface area contributed by atoms with Crippen molar-refractivity contribution >= 4 is 23.3 Å². The first-order chi connectivity index (χ1) is 9.43. The van der Waals surface area contributed by atoms with Gasteiger partial charge in [0.25, 0.3) is 0 Å². The summed E-state index contributed by atoms with van der Waals surface area (Å²) >= 11 is 0. The average molecular weight is 331 g/mol. The van der Waals surface area contributed by atoms with E-state index in [1.165, 1.54) is 24.3 Å². The summed E-state index contributed by atoms with van der Waals surface area (Å²) in [6.45, 7) is 0. The minimum absolute atomic E-state index is 0. The second-order valence-electron chi connectivity index (χ2n) is 3.75. The molecule has 0 fully saturated rings. The Labute approximate surface area is 131 Å². The molecule has 0 spiro atoms. The van der Waals surface area contributed by atoms with Gasteiger partial charge in [0.1, 0.15) is 0 Å². The van der Waals surface area contributed by atoms with Crippen molar-refractivity contribution < 1.29 is 36.6 Å². The number of carbonyl (C=O) groups excluding carboxylic acids is 2. The molecule has 7 heteroatoms. The summed E-state index contributed by atoms with van der Waals surface area (Å²) in [6, 6.07) is 12.4. The first kappa shape index (κ1) is 18.5. The van der Waals surface area contributed by atoms with Gasteiger partial charge in [0.2, 0.25) is 0 Å². The fourth-order valence-corrected chi connectivity index (χ4v) is 1.37. The van der Waals surface area contributed by atoms with Crippen LogP contribution in [-0.4, -0.2) is 11.9 Å². The van der Waals surface area contributed by atoms with Gasteiger partial charge in [-0.25, -0.2) is 0 Å². The molecule has 1 radical (unpaired) electrons. The van der Waals surface area contributed by atoms with Crippen LogP contribution < -0.4 is 21.7 Å². The number of nitrogen functional groups attached to an aromatic ring is 2. The second-order valence-corrected chi connectivity index (χ2v) is 3.75. The molecular formula is C14H12CoN2O4. The predicted molar refractivity (Wildman–Crippen MR) is 70.4 cm³/mol. The van der Waals surface area contributed by atoms with Crippen LogP contribution in [0, 0.1) is 0 Å². The zero-order chi connectivity index (χ0) is 15.1. The van der Waals surface area contributed by atoms with Crippen molar-refractivity contribution in [2.24, 2.45) is 0 Å². The van der Waals surface area contributed by atoms with Crippen LogP contribution in [0.4, 0.5) is 11.4 Å². The molecule has 21 heavy (non-hydrogen) atoms. The molecule has 0 heterocycles. The van der Waals surface area contributed by atoms with Crippen molar-refractivity contribution in [2.75, 3.05) is 11.5 Å². The molecule has 6 nitrogen and oxygen atoms in total. The molecule has 0 aliphatic heterocycles. The summed E-state index contributed by atoms with van der Waals surface area (Å²) in [6.07, 6.45) is 0. The van der Waals surface area contributed by atoms with Crippen LogP contribution in [0.3, 0.4) is 0 Å². The molecule has 4 N–H and O–H groups in total. The van der Waals surface area contributed by atoms with E-state index in [2.05, 4.69) is 0 Å². The van der Waals surface area contributed by atoms with Crippen LogP contribution in [0.2, 0.25) is 0 Å². The minimum atomic E-state index is -1.24.